The molecule has 1 aromatic carbocycles. The molecule has 13 heteroatoms. The summed E-state index contributed by atoms with van der Waals surface area (Å²) in [5.41, 5.74) is 3.69. The van der Waals surface area contributed by atoms with Crippen molar-refractivity contribution >= 4 is 33.4 Å². The quantitative estimate of drug-likeness (QED) is 0.246. The number of hydrogen-bond donors (Lipinski definition) is 2. The highest BCUT2D eigenvalue weighted by Crippen LogP contribution is 2.35. The first-order valence-corrected chi connectivity index (χ1v) is 10.1. The van der Waals surface area contributed by atoms with Crippen LogP contribution in [0.1, 0.15) is 25.3 Å². The molecule has 0 radical (unpaired) electrons. The van der Waals surface area contributed by atoms with Crippen LogP contribution in [0.15, 0.2) is 34.4 Å². The molecule has 0 saturated carbocycles. The Labute approximate surface area is 175 Å². The van der Waals surface area contributed by atoms with Gasteiger partial charge >= 0.3 is 12.1 Å². The molecule has 0 aliphatic rings. The summed E-state index contributed by atoms with van der Waals surface area (Å²) in [6, 6.07) is 3.73. The van der Waals surface area contributed by atoms with Gasteiger partial charge in [-0.1, -0.05) is 11.6 Å². The van der Waals surface area contributed by atoms with Crippen LogP contribution in [-0.2, 0) is 30.5 Å². The number of benzene rings is 1. The van der Waals surface area contributed by atoms with Crippen LogP contribution in [0.4, 0.5) is 13.2 Å². The summed E-state index contributed by atoms with van der Waals surface area (Å²) in [6.07, 6.45) is -5.16. The van der Waals surface area contributed by atoms with Gasteiger partial charge in [0.05, 0.1) is 15.5 Å². The van der Waals surface area contributed by atoms with Crippen LogP contribution >= 0.6 is 11.6 Å². The molecule has 0 atom stereocenters. The molecule has 0 aliphatic heterocycles. The largest absolute Gasteiger partial charge is 0.457 e. The molecule has 3 N–H and O–H groups in total. The first-order valence-electron chi connectivity index (χ1n) is 8.21. The third-order valence-electron chi connectivity index (χ3n) is 3.55. The van der Waals surface area contributed by atoms with Crippen LogP contribution in [-0.4, -0.2) is 33.3 Å². The molecule has 0 fully saturated rings. The van der Waals surface area contributed by atoms with Crippen molar-refractivity contribution in [1.29, 1.82) is 5.26 Å². The highest BCUT2D eigenvalue weighted by atomic mass is 35.5. The zero-order chi connectivity index (χ0) is 23.1. The molecule has 0 spiro atoms. The third-order valence-corrected chi connectivity index (χ3v) is 5.34. The van der Waals surface area contributed by atoms with Crippen molar-refractivity contribution in [2.75, 3.05) is 13.2 Å². The van der Waals surface area contributed by atoms with Gasteiger partial charge in [-0.3, -0.25) is 9.59 Å². The van der Waals surface area contributed by atoms with E-state index in [1.165, 1.54) is 6.92 Å². The van der Waals surface area contributed by atoms with E-state index in [1.54, 1.807) is 6.07 Å². The van der Waals surface area contributed by atoms with Crippen molar-refractivity contribution in [3.8, 4) is 6.07 Å². The van der Waals surface area contributed by atoms with E-state index in [1.807, 2.05) is 0 Å². The number of ether oxygens (including phenoxy) is 1. The van der Waals surface area contributed by atoms with Gasteiger partial charge in [0, 0.05) is 18.7 Å². The fraction of sp³-hybridized carbons (Fsp3) is 0.353. The minimum atomic E-state index is -4.83. The molecule has 0 aromatic heterocycles. The fourth-order valence-electron chi connectivity index (χ4n) is 2.07. The summed E-state index contributed by atoms with van der Waals surface area (Å²) in [5, 5.41) is 8.13. The lowest BCUT2D eigenvalue weighted by Gasteiger charge is -2.12. The van der Waals surface area contributed by atoms with E-state index in [2.05, 4.69) is 9.46 Å². The normalized spacial score (nSPS) is 12.7. The summed E-state index contributed by atoms with van der Waals surface area (Å²) in [4.78, 5) is 22.6. The number of rotatable bonds is 9. The van der Waals surface area contributed by atoms with Gasteiger partial charge < -0.3 is 10.5 Å². The Balaban J connectivity index is 2.58. The van der Waals surface area contributed by atoms with Gasteiger partial charge in [-0.25, -0.2) is 13.1 Å². The Morgan fingerprint density at radius 1 is 1.33 bits per heavy atom. The standard InChI is InChI=1S/C17H17ClF3N3O5S/c1-10(23)12(8-22)15(25)9-29-16(26)3-2-6-24-30(27,28)11-4-5-14(18)13(7-11)17(19,20)21/h4-5,7,24H,2-3,6,9,23H2,1H3/b12-10+. The van der Waals surface area contributed by atoms with Crippen molar-refractivity contribution in [3.63, 3.8) is 0 Å². The maximum atomic E-state index is 12.9. The Morgan fingerprint density at radius 2 is 1.97 bits per heavy atom. The molecule has 0 unspecified atom stereocenters. The average molecular weight is 468 g/mol. The van der Waals surface area contributed by atoms with E-state index in [4.69, 9.17) is 22.6 Å². The van der Waals surface area contributed by atoms with Gasteiger partial charge in [-0.05, 0) is 31.5 Å². The summed E-state index contributed by atoms with van der Waals surface area (Å²) in [7, 11) is -4.28. The lowest BCUT2D eigenvalue weighted by atomic mass is 10.1. The molecule has 164 valence electrons. The Bertz CT molecular complexity index is 997. The van der Waals surface area contributed by atoms with Crippen molar-refractivity contribution in [1.82, 2.24) is 4.72 Å². The molecule has 1 aromatic rings. The Morgan fingerprint density at radius 3 is 2.50 bits per heavy atom. The maximum Gasteiger partial charge on any atom is 0.417 e. The summed E-state index contributed by atoms with van der Waals surface area (Å²) in [6.45, 7) is 0.357. The number of ketones is 1. The summed E-state index contributed by atoms with van der Waals surface area (Å²) in [5.74, 6) is -1.62. The molecule has 0 heterocycles. The highest BCUT2D eigenvalue weighted by Gasteiger charge is 2.34. The van der Waals surface area contributed by atoms with Gasteiger partial charge in [0.25, 0.3) is 0 Å². The molecule has 1 rings (SSSR count). The number of nitrogens with one attached hydrogen (secondary N) is 1. The maximum absolute atomic E-state index is 12.9. The molecule has 8 nitrogen and oxygen atoms in total. The number of sulfonamides is 1. The number of halogens is 4. The van der Waals surface area contributed by atoms with Gasteiger partial charge in [0.1, 0.15) is 11.6 Å². The topological polar surface area (TPSA) is 139 Å². The number of carbonyl (C=O) groups is 2. The second-order valence-corrected chi connectivity index (χ2v) is 8.07. The minimum Gasteiger partial charge on any atom is -0.457 e. The number of esters is 1. The number of carbonyl (C=O) groups excluding carboxylic acids is 2. The van der Waals surface area contributed by atoms with E-state index in [9.17, 15) is 31.2 Å². The number of Topliss-reactive ketones (excluding diaryl/α,β-unsaturated/α-hetero) is 1. The Hall–Kier alpha value is -2.62. The second kappa shape index (κ2) is 10.4. The molecule has 0 amide bonds. The smallest absolute Gasteiger partial charge is 0.417 e. The average Bonchev–Trinajstić information content (AvgIpc) is 2.63. The van der Waals surface area contributed by atoms with E-state index < -0.39 is 50.0 Å². The zero-order valence-corrected chi connectivity index (χ0v) is 17.1. The van der Waals surface area contributed by atoms with E-state index >= 15 is 0 Å². The number of allylic oxidation sites excluding steroid dienone is 1. The first-order chi connectivity index (χ1) is 13.8. The van der Waals surface area contributed by atoms with Crippen LogP contribution in [0.3, 0.4) is 0 Å². The SMILES string of the molecule is C/C(N)=C(/C#N)C(=O)COC(=O)CCCNS(=O)(=O)c1ccc(Cl)c(C(F)(F)F)c1. The number of nitrogens with zero attached hydrogens (tertiary/aromatic N) is 1. The van der Waals surface area contributed by atoms with Crippen LogP contribution in [0, 0.1) is 11.3 Å². The van der Waals surface area contributed by atoms with E-state index in [0.29, 0.717) is 6.07 Å². The van der Waals surface area contributed by atoms with Gasteiger partial charge in [-0.15, -0.1) is 0 Å². The van der Waals surface area contributed by atoms with Crippen LogP contribution in [0.25, 0.3) is 0 Å². The van der Waals surface area contributed by atoms with Crippen molar-refractivity contribution in [2.24, 2.45) is 5.73 Å². The van der Waals surface area contributed by atoms with Crippen LogP contribution in [0.2, 0.25) is 5.02 Å². The monoisotopic (exact) mass is 467 g/mol. The number of alkyl halides is 3. The van der Waals surface area contributed by atoms with Gasteiger partial charge in [-0.2, -0.15) is 18.4 Å². The molecule has 0 saturated heterocycles. The van der Waals surface area contributed by atoms with E-state index in [-0.39, 0.29) is 30.7 Å². The zero-order valence-electron chi connectivity index (χ0n) is 15.5. The first kappa shape index (κ1) is 25.4. The predicted molar refractivity (Wildman–Crippen MR) is 99.3 cm³/mol. The number of hydrogen-bond acceptors (Lipinski definition) is 7. The summed E-state index contributed by atoms with van der Waals surface area (Å²) < 4.78 is 69.5. The van der Waals surface area contributed by atoms with Gasteiger partial charge in [0.15, 0.2) is 6.61 Å². The Kier molecular flexibility index (Phi) is 8.83. The van der Waals surface area contributed by atoms with Crippen LogP contribution in [0.5, 0.6) is 0 Å². The predicted octanol–water partition coefficient (Wildman–Crippen LogP) is 2.29. The van der Waals surface area contributed by atoms with Crippen molar-refractivity contribution < 1.29 is 35.9 Å². The second-order valence-electron chi connectivity index (χ2n) is 5.89. The molecular formula is C17H17ClF3N3O5S. The van der Waals surface area contributed by atoms with Crippen molar-refractivity contribution in [2.45, 2.75) is 30.8 Å². The minimum absolute atomic E-state index is 0.0242. The van der Waals surface area contributed by atoms with Crippen LogP contribution < -0.4 is 10.5 Å². The molecule has 0 aliphatic carbocycles. The van der Waals surface area contributed by atoms with Gasteiger partial charge in [0.2, 0.25) is 15.8 Å². The molecule has 0 bridgehead atoms. The lowest BCUT2D eigenvalue weighted by molar-refractivity contribution is -0.147. The van der Waals surface area contributed by atoms with Crippen molar-refractivity contribution in [3.05, 3.63) is 40.1 Å². The lowest BCUT2D eigenvalue weighted by Crippen LogP contribution is -2.26. The molecular weight excluding hydrogens is 451 g/mol. The van der Waals surface area contributed by atoms with E-state index in [0.717, 1.165) is 12.1 Å². The summed E-state index contributed by atoms with van der Waals surface area (Å²) >= 11 is 5.45. The number of nitriles is 1. The number of nitrogens with two attached hydrogens (primary N) is 1. The fourth-order valence-corrected chi connectivity index (χ4v) is 3.40. The molecule has 30 heavy (non-hydrogen) atoms. The highest BCUT2D eigenvalue weighted by molar-refractivity contribution is 7.89. The third kappa shape index (κ3) is 7.33.